The third kappa shape index (κ3) is 3.06. The summed E-state index contributed by atoms with van der Waals surface area (Å²) in [7, 11) is 3.42. The molecule has 2 aliphatic heterocycles. The van der Waals surface area contributed by atoms with Crippen LogP contribution in [0.5, 0.6) is 0 Å². The second-order valence-corrected chi connectivity index (χ2v) is 5.05. The minimum Gasteiger partial charge on any atom is -0.334 e. The molecule has 0 saturated carbocycles. The number of nitrogens with one attached hydrogen (secondary N) is 1. The molecule has 0 aromatic heterocycles. The van der Waals surface area contributed by atoms with Crippen molar-refractivity contribution in [3.05, 3.63) is 0 Å². The summed E-state index contributed by atoms with van der Waals surface area (Å²) in [5.41, 5.74) is 2.71. The van der Waals surface area contributed by atoms with Crippen molar-refractivity contribution in [2.24, 2.45) is 5.10 Å². The lowest BCUT2D eigenvalue weighted by molar-refractivity contribution is -0.126. The Balaban J connectivity index is 1.89. The maximum atomic E-state index is 12.2. The maximum absolute atomic E-state index is 12.2. The van der Waals surface area contributed by atoms with E-state index in [1.807, 2.05) is 0 Å². The summed E-state index contributed by atoms with van der Waals surface area (Å²) >= 11 is 0. The Morgan fingerprint density at radius 2 is 1.70 bits per heavy atom. The van der Waals surface area contributed by atoms with Gasteiger partial charge in [0.2, 0.25) is 5.91 Å². The molecule has 0 aromatic rings. The zero-order chi connectivity index (χ0) is 14.7. The summed E-state index contributed by atoms with van der Waals surface area (Å²) in [4.78, 5) is 39.9. The highest BCUT2D eigenvalue weighted by molar-refractivity contribution is 6.39. The Hall–Kier alpha value is -2.12. The molecular formula is C12H19N5O3. The number of rotatable bonds is 1. The van der Waals surface area contributed by atoms with Crippen LogP contribution in [0.1, 0.15) is 12.8 Å². The van der Waals surface area contributed by atoms with Crippen LogP contribution in [-0.2, 0) is 9.59 Å². The number of hydrogen-bond donors (Lipinski definition) is 1. The summed E-state index contributed by atoms with van der Waals surface area (Å²) in [5.74, 6) is -0.315. The van der Waals surface area contributed by atoms with Crippen molar-refractivity contribution in [3.63, 3.8) is 0 Å². The molecule has 8 heteroatoms. The molecule has 0 spiro atoms. The molecule has 1 N–H and O–H groups in total. The van der Waals surface area contributed by atoms with Gasteiger partial charge in [0.15, 0.2) is 0 Å². The third-order valence-corrected chi connectivity index (χ3v) is 3.37. The van der Waals surface area contributed by atoms with Crippen LogP contribution in [-0.4, -0.2) is 78.5 Å². The van der Waals surface area contributed by atoms with Crippen LogP contribution in [0.25, 0.3) is 0 Å². The third-order valence-electron chi connectivity index (χ3n) is 3.37. The number of hydrazone groups is 1. The zero-order valence-corrected chi connectivity index (χ0v) is 11.8. The lowest BCUT2D eigenvalue weighted by Gasteiger charge is -2.36. The number of carbonyl (C=O) groups is 3. The highest BCUT2D eigenvalue weighted by Gasteiger charge is 2.28. The first-order chi connectivity index (χ1) is 9.49. The summed E-state index contributed by atoms with van der Waals surface area (Å²) in [6.07, 6.45) is 0.672. The molecule has 0 aromatic carbocycles. The Labute approximate surface area is 117 Å². The molecular weight excluding hydrogens is 262 g/mol. The van der Waals surface area contributed by atoms with Gasteiger partial charge in [-0.05, 0) is 0 Å². The van der Waals surface area contributed by atoms with E-state index in [0.29, 0.717) is 44.7 Å². The lowest BCUT2D eigenvalue weighted by atomic mass is 10.1. The summed E-state index contributed by atoms with van der Waals surface area (Å²) in [6, 6.07) is -0.0423. The van der Waals surface area contributed by atoms with E-state index in [1.54, 1.807) is 23.9 Å². The average Bonchev–Trinajstić information content (AvgIpc) is 2.46. The van der Waals surface area contributed by atoms with E-state index in [4.69, 9.17) is 0 Å². The molecule has 8 nitrogen and oxygen atoms in total. The highest BCUT2D eigenvalue weighted by atomic mass is 16.2. The monoisotopic (exact) mass is 281 g/mol. The minimum absolute atomic E-state index is 0.0423. The molecule has 1 saturated heterocycles. The van der Waals surface area contributed by atoms with Gasteiger partial charge in [-0.3, -0.25) is 9.59 Å². The number of carbonyl (C=O) groups excluding carboxylic acids is 3. The lowest BCUT2D eigenvalue weighted by Crippen LogP contribution is -2.54. The molecule has 110 valence electrons. The molecule has 20 heavy (non-hydrogen) atoms. The Kier molecular flexibility index (Phi) is 4.21. The van der Waals surface area contributed by atoms with Gasteiger partial charge in [0, 0.05) is 53.1 Å². The van der Waals surface area contributed by atoms with Crippen LogP contribution in [0.2, 0.25) is 0 Å². The normalized spacial score (nSPS) is 19.3. The van der Waals surface area contributed by atoms with Gasteiger partial charge in [0.25, 0.3) is 5.91 Å². The Morgan fingerprint density at radius 3 is 2.20 bits per heavy atom. The van der Waals surface area contributed by atoms with E-state index >= 15 is 0 Å². The fourth-order valence-corrected chi connectivity index (χ4v) is 2.19. The molecule has 0 radical (unpaired) electrons. The van der Waals surface area contributed by atoms with E-state index < -0.39 is 0 Å². The zero-order valence-electron chi connectivity index (χ0n) is 11.8. The second kappa shape index (κ2) is 5.89. The van der Waals surface area contributed by atoms with Gasteiger partial charge in [0.1, 0.15) is 5.71 Å². The highest BCUT2D eigenvalue weighted by Crippen LogP contribution is 2.08. The van der Waals surface area contributed by atoms with Crippen molar-refractivity contribution < 1.29 is 14.4 Å². The fraction of sp³-hybridized carbons (Fsp3) is 0.667. The molecule has 4 amide bonds. The van der Waals surface area contributed by atoms with Gasteiger partial charge < -0.3 is 14.7 Å². The summed E-state index contributed by atoms with van der Waals surface area (Å²) in [6.45, 7) is 2.02. The first kappa shape index (κ1) is 14.3. The quantitative estimate of drug-likeness (QED) is 0.674. The van der Waals surface area contributed by atoms with Crippen molar-refractivity contribution in [3.8, 4) is 0 Å². The van der Waals surface area contributed by atoms with Crippen LogP contribution in [0.3, 0.4) is 0 Å². The first-order valence-electron chi connectivity index (χ1n) is 6.60. The van der Waals surface area contributed by atoms with E-state index in [0.717, 1.165) is 0 Å². The van der Waals surface area contributed by atoms with Gasteiger partial charge in [-0.15, -0.1) is 0 Å². The predicted octanol–water partition coefficient (Wildman–Crippen LogP) is -0.922. The molecule has 0 unspecified atom stereocenters. The number of piperazine rings is 1. The predicted molar refractivity (Wildman–Crippen MR) is 72.0 cm³/mol. The van der Waals surface area contributed by atoms with E-state index in [-0.39, 0.29) is 17.8 Å². The van der Waals surface area contributed by atoms with Gasteiger partial charge in [-0.1, -0.05) is 0 Å². The number of urea groups is 1. The Morgan fingerprint density at radius 1 is 1.10 bits per heavy atom. The number of nitrogens with zero attached hydrogens (tertiary/aromatic N) is 4. The molecule has 0 aliphatic carbocycles. The van der Waals surface area contributed by atoms with Gasteiger partial charge in [-0.25, -0.2) is 10.2 Å². The van der Waals surface area contributed by atoms with Crippen molar-refractivity contribution in [1.82, 2.24) is 20.1 Å². The number of hydrogen-bond acceptors (Lipinski definition) is 4. The van der Waals surface area contributed by atoms with Crippen molar-refractivity contribution in [2.45, 2.75) is 12.8 Å². The molecule has 0 atom stereocenters. The Bertz CT molecular complexity index is 452. The van der Waals surface area contributed by atoms with Gasteiger partial charge in [-0.2, -0.15) is 5.10 Å². The topological polar surface area (TPSA) is 85.3 Å². The molecule has 0 bridgehead atoms. The minimum atomic E-state index is -0.164. The molecule has 2 rings (SSSR count). The standard InChI is InChI=1S/C12H19N5O3/c1-15(2)12(20)17-7-5-16(6-8-17)11(19)9-3-4-10(18)14-13-9/h3-8H2,1-2H3,(H,14,18). The smallest absolute Gasteiger partial charge is 0.319 e. The average molecular weight is 281 g/mol. The van der Waals surface area contributed by atoms with E-state index in [2.05, 4.69) is 10.5 Å². The molecule has 2 heterocycles. The summed E-state index contributed by atoms with van der Waals surface area (Å²) < 4.78 is 0. The summed E-state index contributed by atoms with van der Waals surface area (Å²) in [5, 5.41) is 3.81. The largest absolute Gasteiger partial charge is 0.334 e. The van der Waals surface area contributed by atoms with E-state index in [1.165, 1.54) is 4.90 Å². The second-order valence-electron chi connectivity index (χ2n) is 5.05. The van der Waals surface area contributed by atoms with Crippen LogP contribution in [0, 0.1) is 0 Å². The van der Waals surface area contributed by atoms with Crippen molar-refractivity contribution in [2.75, 3.05) is 40.3 Å². The SMILES string of the molecule is CN(C)C(=O)N1CCN(C(=O)C2=NNC(=O)CC2)CC1. The number of amides is 4. The molecule has 1 fully saturated rings. The van der Waals surface area contributed by atoms with Crippen LogP contribution in [0.4, 0.5) is 4.79 Å². The van der Waals surface area contributed by atoms with Crippen LogP contribution >= 0.6 is 0 Å². The molecule has 2 aliphatic rings. The van der Waals surface area contributed by atoms with Crippen LogP contribution < -0.4 is 5.43 Å². The van der Waals surface area contributed by atoms with Crippen molar-refractivity contribution in [1.29, 1.82) is 0 Å². The first-order valence-corrected chi connectivity index (χ1v) is 6.60. The van der Waals surface area contributed by atoms with Crippen LogP contribution in [0.15, 0.2) is 5.10 Å². The van der Waals surface area contributed by atoms with Crippen molar-refractivity contribution >= 4 is 23.6 Å². The maximum Gasteiger partial charge on any atom is 0.319 e. The van der Waals surface area contributed by atoms with Gasteiger partial charge in [0.05, 0.1) is 0 Å². The van der Waals surface area contributed by atoms with E-state index in [9.17, 15) is 14.4 Å². The van der Waals surface area contributed by atoms with Gasteiger partial charge >= 0.3 is 6.03 Å². The fourth-order valence-electron chi connectivity index (χ4n) is 2.19.